The summed E-state index contributed by atoms with van der Waals surface area (Å²) < 4.78 is 0. The Hall–Kier alpha value is -1.15. The van der Waals surface area contributed by atoms with E-state index in [1.807, 2.05) is 39.2 Å². The van der Waals surface area contributed by atoms with Gasteiger partial charge in [0.25, 0.3) is 0 Å². The molecule has 0 heterocycles. The number of carbonyl (C=O) groups excluding carboxylic acids is 1. The van der Waals surface area contributed by atoms with Crippen molar-refractivity contribution in [3.63, 3.8) is 0 Å². The second-order valence-corrected chi connectivity index (χ2v) is 3.99. The molecule has 0 saturated heterocycles. The van der Waals surface area contributed by atoms with Crippen molar-refractivity contribution in [1.82, 2.24) is 4.90 Å². The average Bonchev–Trinajstić information content (AvgIpc) is 2.26. The van der Waals surface area contributed by atoms with E-state index in [-0.39, 0.29) is 6.04 Å². The maximum atomic E-state index is 11.5. The first-order valence-corrected chi connectivity index (χ1v) is 5.38. The molecule has 1 aromatic carbocycles. The lowest BCUT2D eigenvalue weighted by Crippen LogP contribution is -2.22. The number of rotatable bonds is 5. The molecule has 0 N–H and O–H groups in total. The van der Waals surface area contributed by atoms with E-state index in [0.717, 1.165) is 0 Å². The Morgan fingerprint density at radius 1 is 1.27 bits per heavy atom. The SMILES string of the molecule is CCC(=O)CC(c1ccccc1)N(C)C. The molecule has 1 unspecified atom stereocenters. The third kappa shape index (κ3) is 3.48. The van der Waals surface area contributed by atoms with Gasteiger partial charge in [-0.15, -0.1) is 0 Å². The molecule has 1 rings (SSSR count). The number of ketones is 1. The summed E-state index contributed by atoms with van der Waals surface area (Å²) in [5, 5.41) is 0. The zero-order valence-electron chi connectivity index (χ0n) is 9.73. The van der Waals surface area contributed by atoms with Crippen LogP contribution in [-0.2, 0) is 4.79 Å². The van der Waals surface area contributed by atoms with Crippen molar-refractivity contribution >= 4 is 5.78 Å². The third-order valence-electron chi connectivity index (χ3n) is 2.62. The van der Waals surface area contributed by atoms with Gasteiger partial charge in [0.15, 0.2) is 0 Å². The van der Waals surface area contributed by atoms with Gasteiger partial charge in [-0.25, -0.2) is 0 Å². The van der Waals surface area contributed by atoms with Gasteiger partial charge < -0.3 is 4.90 Å². The predicted octanol–water partition coefficient (Wildman–Crippen LogP) is 2.66. The lowest BCUT2D eigenvalue weighted by Gasteiger charge is -2.23. The topological polar surface area (TPSA) is 20.3 Å². The van der Waals surface area contributed by atoms with Crippen LogP contribution in [0.2, 0.25) is 0 Å². The van der Waals surface area contributed by atoms with Crippen molar-refractivity contribution in [2.75, 3.05) is 14.1 Å². The van der Waals surface area contributed by atoms with Crippen molar-refractivity contribution in [2.45, 2.75) is 25.8 Å². The molecule has 2 nitrogen and oxygen atoms in total. The molecule has 0 saturated carbocycles. The number of Topliss-reactive ketones (excluding diaryl/α,β-unsaturated/α-hetero) is 1. The second-order valence-electron chi connectivity index (χ2n) is 3.99. The lowest BCUT2D eigenvalue weighted by molar-refractivity contribution is -0.119. The number of nitrogens with zero attached hydrogens (tertiary/aromatic N) is 1. The highest BCUT2D eigenvalue weighted by Crippen LogP contribution is 2.22. The third-order valence-corrected chi connectivity index (χ3v) is 2.62. The van der Waals surface area contributed by atoms with Crippen LogP contribution in [0.1, 0.15) is 31.4 Å². The Kier molecular flexibility index (Phi) is 4.50. The minimum atomic E-state index is 0.207. The van der Waals surface area contributed by atoms with Gasteiger partial charge in [-0.2, -0.15) is 0 Å². The summed E-state index contributed by atoms with van der Waals surface area (Å²) in [7, 11) is 4.03. The van der Waals surface area contributed by atoms with Crippen LogP contribution in [0, 0.1) is 0 Å². The summed E-state index contributed by atoms with van der Waals surface area (Å²) in [6.45, 7) is 1.92. The maximum absolute atomic E-state index is 11.5. The molecule has 15 heavy (non-hydrogen) atoms. The first kappa shape index (κ1) is 11.9. The van der Waals surface area contributed by atoms with Crippen molar-refractivity contribution in [1.29, 1.82) is 0 Å². The lowest BCUT2D eigenvalue weighted by atomic mass is 10.00. The summed E-state index contributed by atoms with van der Waals surface area (Å²) >= 11 is 0. The molecule has 2 heteroatoms. The summed E-state index contributed by atoms with van der Waals surface area (Å²) in [5.41, 5.74) is 1.21. The Labute approximate surface area is 91.9 Å². The Morgan fingerprint density at radius 2 is 1.87 bits per heavy atom. The molecule has 0 aliphatic heterocycles. The van der Waals surface area contributed by atoms with Gasteiger partial charge in [-0.05, 0) is 19.7 Å². The van der Waals surface area contributed by atoms with Crippen molar-refractivity contribution in [3.05, 3.63) is 35.9 Å². The molecular weight excluding hydrogens is 186 g/mol. The minimum absolute atomic E-state index is 0.207. The smallest absolute Gasteiger partial charge is 0.134 e. The summed E-state index contributed by atoms with van der Waals surface area (Å²) in [6.07, 6.45) is 1.23. The van der Waals surface area contributed by atoms with E-state index in [9.17, 15) is 4.79 Å². The Balaban J connectivity index is 2.79. The van der Waals surface area contributed by atoms with Gasteiger partial charge in [0.1, 0.15) is 5.78 Å². The molecule has 0 aliphatic carbocycles. The van der Waals surface area contributed by atoms with Gasteiger partial charge in [-0.1, -0.05) is 37.3 Å². The first-order valence-electron chi connectivity index (χ1n) is 5.38. The van der Waals surface area contributed by atoms with Crippen LogP contribution in [0.25, 0.3) is 0 Å². The van der Waals surface area contributed by atoms with Crippen LogP contribution in [0.3, 0.4) is 0 Å². The maximum Gasteiger partial charge on any atom is 0.134 e. The van der Waals surface area contributed by atoms with E-state index in [4.69, 9.17) is 0 Å². The van der Waals surface area contributed by atoms with Gasteiger partial charge in [0.2, 0.25) is 0 Å². The average molecular weight is 205 g/mol. The fourth-order valence-electron chi connectivity index (χ4n) is 1.63. The second kappa shape index (κ2) is 5.66. The molecule has 0 spiro atoms. The van der Waals surface area contributed by atoms with Gasteiger partial charge >= 0.3 is 0 Å². The van der Waals surface area contributed by atoms with Crippen molar-refractivity contribution in [3.8, 4) is 0 Å². The van der Waals surface area contributed by atoms with E-state index in [1.54, 1.807) is 0 Å². The standard InChI is InChI=1S/C13H19NO/c1-4-12(15)10-13(14(2)3)11-8-6-5-7-9-11/h5-9,13H,4,10H2,1-3H3. The zero-order chi connectivity index (χ0) is 11.3. The fourth-order valence-corrected chi connectivity index (χ4v) is 1.63. The number of hydrogen-bond acceptors (Lipinski definition) is 2. The summed E-state index contributed by atoms with van der Waals surface area (Å²) in [5.74, 6) is 0.317. The van der Waals surface area contributed by atoms with E-state index < -0.39 is 0 Å². The van der Waals surface area contributed by atoms with Gasteiger partial charge in [-0.3, -0.25) is 4.79 Å². The van der Waals surface area contributed by atoms with Crippen LogP contribution in [0.4, 0.5) is 0 Å². The Bertz CT molecular complexity index is 306. The molecule has 0 aromatic heterocycles. The number of carbonyl (C=O) groups is 1. The zero-order valence-corrected chi connectivity index (χ0v) is 9.73. The molecule has 0 amide bonds. The monoisotopic (exact) mass is 205 g/mol. The molecule has 0 bridgehead atoms. The molecule has 0 aliphatic rings. The largest absolute Gasteiger partial charge is 0.302 e. The minimum Gasteiger partial charge on any atom is -0.302 e. The summed E-state index contributed by atoms with van der Waals surface area (Å²) in [6, 6.07) is 10.4. The van der Waals surface area contributed by atoms with Crippen LogP contribution in [-0.4, -0.2) is 24.8 Å². The highest BCUT2D eigenvalue weighted by Gasteiger charge is 2.16. The fraction of sp³-hybridized carbons (Fsp3) is 0.462. The van der Waals surface area contributed by atoms with Gasteiger partial charge in [0.05, 0.1) is 0 Å². The Morgan fingerprint density at radius 3 is 2.33 bits per heavy atom. The first-order chi connectivity index (χ1) is 7.15. The number of hydrogen-bond donors (Lipinski definition) is 0. The normalized spacial score (nSPS) is 12.8. The molecule has 1 aromatic rings. The van der Waals surface area contributed by atoms with Crippen LogP contribution in [0.15, 0.2) is 30.3 Å². The van der Waals surface area contributed by atoms with Crippen molar-refractivity contribution in [2.24, 2.45) is 0 Å². The van der Waals surface area contributed by atoms with Crippen LogP contribution < -0.4 is 0 Å². The van der Waals surface area contributed by atoms with Crippen molar-refractivity contribution < 1.29 is 4.79 Å². The van der Waals surface area contributed by atoms with Crippen LogP contribution in [0.5, 0.6) is 0 Å². The quantitative estimate of drug-likeness (QED) is 0.736. The molecular formula is C13H19NO. The van der Waals surface area contributed by atoms with E-state index >= 15 is 0 Å². The highest BCUT2D eigenvalue weighted by atomic mass is 16.1. The molecule has 0 fully saturated rings. The highest BCUT2D eigenvalue weighted by molar-refractivity contribution is 5.78. The number of benzene rings is 1. The molecule has 82 valence electrons. The predicted molar refractivity (Wildman–Crippen MR) is 62.8 cm³/mol. The van der Waals surface area contributed by atoms with E-state index in [2.05, 4.69) is 17.0 Å². The van der Waals surface area contributed by atoms with E-state index in [1.165, 1.54) is 5.56 Å². The summed E-state index contributed by atoms with van der Waals surface area (Å²) in [4.78, 5) is 13.6. The van der Waals surface area contributed by atoms with Gasteiger partial charge in [0, 0.05) is 18.9 Å². The molecule has 0 radical (unpaired) electrons. The van der Waals surface area contributed by atoms with Crippen LogP contribution >= 0.6 is 0 Å². The molecule has 1 atom stereocenters. The van der Waals surface area contributed by atoms with E-state index in [0.29, 0.717) is 18.6 Å².